The number of aryl methyl sites for hydroxylation is 3. The van der Waals surface area contributed by atoms with Gasteiger partial charge in [0.05, 0.1) is 0 Å². The Hall–Kier alpha value is -3.06. The number of para-hydroxylation sites is 1. The molecule has 0 atom stereocenters. The maximum atomic E-state index is 12.4. The third-order valence-electron chi connectivity index (χ3n) is 4.02. The molecule has 1 amide bonds. The van der Waals surface area contributed by atoms with E-state index in [0.717, 1.165) is 28.8 Å². The second kappa shape index (κ2) is 8.70. The van der Waals surface area contributed by atoms with Gasteiger partial charge in [-0.15, -0.1) is 0 Å². The highest BCUT2D eigenvalue weighted by atomic mass is 16.1. The van der Waals surface area contributed by atoms with Crippen LogP contribution in [0.4, 0.5) is 5.69 Å². The predicted octanol–water partition coefficient (Wildman–Crippen LogP) is 4.00. The Bertz CT molecular complexity index is 814. The monoisotopic (exact) mass is 333 g/mol. The van der Waals surface area contributed by atoms with Crippen molar-refractivity contribution in [2.45, 2.75) is 33.7 Å². The number of rotatable bonds is 6. The number of hydrogen-bond donors (Lipinski definition) is 2. The Morgan fingerprint density at radius 1 is 1.16 bits per heavy atom. The number of nitrogens with zero attached hydrogens (tertiary/aromatic N) is 1. The minimum absolute atomic E-state index is 0.0532. The summed E-state index contributed by atoms with van der Waals surface area (Å²) in [7, 11) is 0. The van der Waals surface area contributed by atoms with Crippen molar-refractivity contribution in [1.29, 1.82) is 5.26 Å². The summed E-state index contributed by atoms with van der Waals surface area (Å²) in [5.41, 5.74) is 5.16. The van der Waals surface area contributed by atoms with Gasteiger partial charge in [-0.2, -0.15) is 5.26 Å². The van der Waals surface area contributed by atoms with Gasteiger partial charge in [0.2, 0.25) is 0 Å². The fraction of sp³-hybridized carbons (Fsp3) is 0.238. The van der Waals surface area contributed by atoms with Gasteiger partial charge in [0.15, 0.2) is 0 Å². The molecule has 2 aromatic rings. The summed E-state index contributed by atoms with van der Waals surface area (Å²) >= 11 is 0. The number of benzene rings is 2. The molecule has 4 nitrogen and oxygen atoms in total. The van der Waals surface area contributed by atoms with E-state index in [9.17, 15) is 10.1 Å². The molecule has 0 aliphatic heterocycles. The highest BCUT2D eigenvalue weighted by Crippen LogP contribution is 2.21. The molecule has 0 heterocycles. The first-order valence-electron chi connectivity index (χ1n) is 8.34. The fourth-order valence-electron chi connectivity index (χ4n) is 2.51. The third-order valence-corrected chi connectivity index (χ3v) is 4.02. The number of nitriles is 1. The number of carbonyl (C=O) groups excluding carboxylic acids is 1. The minimum atomic E-state index is -0.400. The van der Waals surface area contributed by atoms with E-state index >= 15 is 0 Å². The zero-order valence-electron chi connectivity index (χ0n) is 14.9. The van der Waals surface area contributed by atoms with Crippen LogP contribution >= 0.6 is 0 Å². The molecule has 0 aliphatic carbocycles. The van der Waals surface area contributed by atoms with E-state index in [4.69, 9.17) is 0 Å². The van der Waals surface area contributed by atoms with E-state index in [-0.39, 0.29) is 5.57 Å². The van der Waals surface area contributed by atoms with E-state index in [1.165, 1.54) is 11.8 Å². The molecule has 0 bridgehead atoms. The molecule has 128 valence electrons. The summed E-state index contributed by atoms with van der Waals surface area (Å²) < 4.78 is 0. The van der Waals surface area contributed by atoms with Crippen LogP contribution in [-0.2, 0) is 17.8 Å². The number of amides is 1. The molecule has 25 heavy (non-hydrogen) atoms. The highest BCUT2D eigenvalue weighted by Gasteiger charge is 2.12. The highest BCUT2D eigenvalue weighted by molar-refractivity contribution is 6.07. The number of carbonyl (C=O) groups is 1. The smallest absolute Gasteiger partial charge is 0.267 e. The summed E-state index contributed by atoms with van der Waals surface area (Å²) in [5.74, 6) is -0.400. The molecule has 0 unspecified atom stereocenters. The van der Waals surface area contributed by atoms with Crippen LogP contribution in [0, 0.1) is 25.2 Å². The SMILES string of the molecule is CCc1cccc(C)c1NC(=O)/C(C#N)=C\NCc1ccc(C)cc1. The first-order valence-corrected chi connectivity index (χ1v) is 8.34. The Morgan fingerprint density at radius 2 is 1.88 bits per heavy atom. The molecule has 0 aliphatic rings. The van der Waals surface area contributed by atoms with Crippen molar-refractivity contribution in [2.75, 3.05) is 5.32 Å². The molecular formula is C21H23N3O. The van der Waals surface area contributed by atoms with Crippen LogP contribution in [0.5, 0.6) is 0 Å². The molecule has 0 fully saturated rings. The number of hydrogen-bond acceptors (Lipinski definition) is 3. The van der Waals surface area contributed by atoms with Crippen molar-refractivity contribution in [2.24, 2.45) is 0 Å². The second-order valence-corrected chi connectivity index (χ2v) is 5.95. The molecule has 0 saturated carbocycles. The van der Waals surface area contributed by atoms with Gasteiger partial charge in [-0.05, 0) is 37.0 Å². The van der Waals surface area contributed by atoms with Gasteiger partial charge in [-0.25, -0.2) is 0 Å². The van der Waals surface area contributed by atoms with E-state index in [0.29, 0.717) is 6.54 Å². The van der Waals surface area contributed by atoms with E-state index in [1.807, 2.05) is 69.3 Å². The summed E-state index contributed by atoms with van der Waals surface area (Å²) in [4.78, 5) is 12.4. The van der Waals surface area contributed by atoms with Crippen LogP contribution in [0.2, 0.25) is 0 Å². The van der Waals surface area contributed by atoms with Crippen LogP contribution < -0.4 is 10.6 Å². The fourth-order valence-corrected chi connectivity index (χ4v) is 2.51. The lowest BCUT2D eigenvalue weighted by Gasteiger charge is -2.12. The van der Waals surface area contributed by atoms with Gasteiger partial charge in [-0.1, -0.05) is 55.0 Å². The molecule has 0 saturated heterocycles. The molecule has 0 spiro atoms. The van der Waals surface area contributed by atoms with Crippen LogP contribution in [0.25, 0.3) is 0 Å². The maximum absolute atomic E-state index is 12.4. The third kappa shape index (κ3) is 4.95. The Morgan fingerprint density at radius 3 is 2.52 bits per heavy atom. The Balaban J connectivity index is 2.06. The topological polar surface area (TPSA) is 64.9 Å². The Kier molecular flexibility index (Phi) is 6.36. The standard InChI is InChI=1S/C21H23N3O/c1-4-18-7-5-6-16(3)20(18)24-21(25)19(12-22)14-23-13-17-10-8-15(2)9-11-17/h5-11,14,23H,4,13H2,1-3H3,(H,24,25)/b19-14-. The second-order valence-electron chi connectivity index (χ2n) is 5.95. The lowest BCUT2D eigenvalue weighted by molar-refractivity contribution is -0.112. The first-order chi connectivity index (χ1) is 12.0. The van der Waals surface area contributed by atoms with Gasteiger partial charge in [0, 0.05) is 18.4 Å². The van der Waals surface area contributed by atoms with Crippen LogP contribution in [0.15, 0.2) is 54.2 Å². The van der Waals surface area contributed by atoms with Crippen molar-refractivity contribution in [1.82, 2.24) is 5.32 Å². The zero-order valence-corrected chi connectivity index (χ0v) is 14.9. The van der Waals surface area contributed by atoms with Crippen molar-refractivity contribution in [3.63, 3.8) is 0 Å². The number of nitrogens with one attached hydrogen (secondary N) is 2. The molecule has 4 heteroatoms. The molecule has 0 aromatic heterocycles. The average molecular weight is 333 g/mol. The summed E-state index contributed by atoms with van der Waals surface area (Å²) in [6, 6.07) is 15.9. The van der Waals surface area contributed by atoms with E-state index < -0.39 is 5.91 Å². The van der Waals surface area contributed by atoms with Crippen molar-refractivity contribution >= 4 is 11.6 Å². The van der Waals surface area contributed by atoms with E-state index in [1.54, 1.807) is 0 Å². The van der Waals surface area contributed by atoms with Crippen LogP contribution in [-0.4, -0.2) is 5.91 Å². The van der Waals surface area contributed by atoms with Crippen molar-refractivity contribution in [3.05, 3.63) is 76.5 Å². The van der Waals surface area contributed by atoms with Crippen LogP contribution in [0.1, 0.15) is 29.2 Å². The van der Waals surface area contributed by atoms with Gasteiger partial charge in [-0.3, -0.25) is 4.79 Å². The summed E-state index contributed by atoms with van der Waals surface area (Å²) in [5, 5.41) is 15.2. The molecule has 2 aromatic carbocycles. The van der Waals surface area contributed by atoms with Crippen LogP contribution in [0.3, 0.4) is 0 Å². The maximum Gasteiger partial charge on any atom is 0.267 e. The van der Waals surface area contributed by atoms with Crippen molar-refractivity contribution in [3.8, 4) is 6.07 Å². The average Bonchev–Trinajstić information content (AvgIpc) is 2.62. The largest absolute Gasteiger partial charge is 0.386 e. The molecule has 2 N–H and O–H groups in total. The lowest BCUT2D eigenvalue weighted by Crippen LogP contribution is -2.18. The quantitative estimate of drug-likeness (QED) is 0.620. The molecule has 2 rings (SSSR count). The minimum Gasteiger partial charge on any atom is -0.386 e. The molecular weight excluding hydrogens is 310 g/mol. The summed E-state index contributed by atoms with van der Waals surface area (Å²) in [6.45, 7) is 6.57. The van der Waals surface area contributed by atoms with Gasteiger partial charge in [0.1, 0.15) is 11.6 Å². The lowest BCUT2D eigenvalue weighted by atomic mass is 10.1. The first kappa shape index (κ1) is 18.3. The van der Waals surface area contributed by atoms with Gasteiger partial charge < -0.3 is 10.6 Å². The van der Waals surface area contributed by atoms with E-state index in [2.05, 4.69) is 10.6 Å². The normalized spacial score (nSPS) is 10.9. The van der Waals surface area contributed by atoms with Gasteiger partial charge >= 0.3 is 0 Å². The number of anilines is 1. The predicted molar refractivity (Wildman–Crippen MR) is 101 cm³/mol. The van der Waals surface area contributed by atoms with Gasteiger partial charge in [0.25, 0.3) is 5.91 Å². The molecule has 0 radical (unpaired) electrons. The summed E-state index contributed by atoms with van der Waals surface area (Å²) in [6.07, 6.45) is 2.29. The zero-order chi connectivity index (χ0) is 18.2. The van der Waals surface area contributed by atoms with Crippen molar-refractivity contribution < 1.29 is 4.79 Å². The Labute approximate surface area is 149 Å².